The van der Waals surface area contributed by atoms with E-state index in [1.165, 1.54) is 6.07 Å². The highest BCUT2D eigenvalue weighted by Crippen LogP contribution is 2.33. The second-order valence-corrected chi connectivity index (χ2v) is 5.04. The molecule has 0 saturated heterocycles. The number of halogens is 4. The molecule has 0 saturated carbocycles. The molecule has 0 bridgehead atoms. The average molecular weight is 377 g/mol. The number of anilines is 1. The number of phenolic OH excluding ortho intramolecular Hbond substituents is 1. The van der Waals surface area contributed by atoms with Crippen LogP contribution in [0.4, 0.5) is 24.5 Å². The van der Waals surface area contributed by atoms with Gasteiger partial charge in [0.25, 0.3) is 11.6 Å². The van der Waals surface area contributed by atoms with Crippen LogP contribution < -0.4 is 10.1 Å². The van der Waals surface area contributed by atoms with E-state index in [1.54, 1.807) is 0 Å². The van der Waals surface area contributed by atoms with Gasteiger partial charge in [-0.05, 0) is 30.3 Å². The lowest BCUT2D eigenvalue weighted by Gasteiger charge is -2.11. The largest absolute Gasteiger partial charge is 0.573 e. The highest BCUT2D eigenvalue weighted by Gasteiger charge is 2.32. The summed E-state index contributed by atoms with van der Waals surface area (Å²) >= 11 is 5.71. The highest BCUT2D eigenvalue weighted by molar-refractivity contribution is 6.31. The smallest absolute Gasteiger partial charge is 0.507 e. The van der Waals surface area contributed by atoms with Crippen LogP contribution in [-0.2, 0) is 0 Å². The molecule has 25 heavy (non-hydrogen) atoms. The highest BCUT2D eigenvalue weighted by atomic mass is 35.5. The van der Waals surface area contributed by atoms with E-state index in [4.69, 9.17) is 11.6 Å². The van der Waals surface area contributed by atoms with Crippen molar-refractivity contribution < 1.29 is 32.7 Å². The minimum Gasteiger partial charge on any atom is -0.507 e. The van der Waals surface area contributed by atoms with Crippen molar-refractivity contribution in [2.24, 2.45) is 0 Å². The molecule has 2 rings (SSSR count). The Morgan fingerprint density at radius 3 is 2.52 bits per heavy atom. The third-order valence-electron chi connectivity index (χ3n) is 2.85. The fraction of sp³-hybridized carbons (Fsp3) is 0.0714. The number of rotatable bonds is 4. The molecule has 0 fully saturated rings. The molecule has 1 amide bonds. The minimum atomic E-state index is -5.02. The molecule has 2 N–H and O–H groups in total. The second kappa shape index (κ2) is 6.85. The fourth-order valence-corrected chi connectivity index (χ4v) is 2.02. The SMILES string of the molecule is O=C(Nc1ccc(OC(F)(F)F)cc1[N+](=O)[O-])c1cc(Cl)ccc1O. The summed E-state index contributed by atoms with van der Waals surface area (Å²) in [7, 11) is 0. The first-order valence-corrected chi connectivity index (χ1v) is 6.78. The number of nitrogens with zero attached hydrogens (tertiary/aromatic N) is 1. The van der Waals surface area contributed by atoms with Crippen molar-refractivity contribution in [1.82, 2.24) is 0 Å². The van der Waals surface area contributed by atoms with E-state index in [0.29, 0.717) is 6.07 Å². The van der Waals surface area contributed by atoms with Crippen LogP contribution >= 0.6 is 11.6 Å². The number of carbonyl (C=O) groups is 1. The lowest BCUT2D eigenvalue weighted by atomic mass is 10.1. The van der Waals surface area contributed by atoms with Gasteiger partial charge in [0, 0.05) is 5.02 Å². The van der Waals surface area contributed by atoms with Crippen molar-refractivity contribution >= 4 is 28.9 Å². The maximum absolute atomic E-state index is 12.2. The fourth-order valence-electron chi connectivity index (χ4n) is 1.85. The molecule has 0 unspecified atom stereocenters. The number of hydrogen-bond acceptors (Lipinski definition) is 5. The second-order valence-electron chi connectivity index (χ2n) is 4.60. The number of ether oxygens (including phenoxy) is 1. The molecule has 132 valence electrons. The number of nitro benzene ring substituents is 1. The van der Waals surface area contributed by atoms with Crippen molar-refractivity contribution in [2.75, 3.05) is 5.32 Å². The van der Waals surface area contributed by atoms with Gasteiger partial charge in [0.1, 0.15) is 17.2 Å². The number of phenols is 1. The Hall–Kier alpha value is -3.01. The standard InChI is InChI=1S/C14H8ClF3N2O5/c15-7-1-4-12(21)9(5-7)13(22)19-10-3-2-8(25-14(16,17)18)6-11(10)20(23)24/h1-6,21H,(H,19,22). The predicted octanol–water partition coefficient (Wildman–Crippen LogP) is 4.10. The van der Waals surface area contributed by atoms with Gasteiger partial charge in [-0.25, -0.2) is 0 Å². The summed E-state index contributed by atoms with van der Waals surface area (Å²) in [4.78, 5) is 22.1. The topological polar surface area (TPSA) is 102 Å². The third-order valence-corrected chi connectivity index (χ3v) is 3.09. The molecule has 0 aromatic heterocycles. The average Bonchev–Trinajstić information content (AvgIpc) is 2.49. The van der Waals surface area contributed by atoms with E-state index < -0.39 is 34.4 Å². The van der Waals surface area contributed by atoms with Gasteiger partial charge in [-0.1, -0.05) is 11.6 Å². The molecule has 2 aromatic carbocycles. The van der Waals surface area contributed by atoms with Gasteiger partial charge in [0.05, 0.1) is 16.6 Å². The molecule has 11 heteroatoms. The zero-order chi connectivity index (χ0) is 18.8. The maximum Gasteiger partial charge on any atom is 0.573 e. The van der Waals surface area contributed by atoms with E-state index in [1.807, 2.05) is 0 Å². The lowest BCUT2D eigenvalue weighted by molar-refractivity contribution is -0.384. The zero-order valence-corrected chi connectivity index (χ0v) is 12.8. The number of benzene rings is 2. The monoisotopic (exact) mass is 376 g/mol. The van der Waals surface area contributed by atoms with Crippen molar-refractivity contribution in [3.63, 3.8) is 0 Å². The third kappa shape index (κ3) is 4.73. The van der Waals surface area contributed by atoms with Crippen molar-refractivity contribution in [1.29, 1.82) is 0 Å². The van der Waals surface area contributed by atoms with Crippen LogP contribution in [0.3, 0.4) is 0 Å². The van der Waals surface area contributed by atoms with Gasteiger partial charge in [0.2, 0.25) is 0 Å². The number of nitro groups is 1. The van der Waals surface area contributed by atoms with E-state index in [0.717, 1.165) is 24.3 Å². The van der Waals surface area contributed by atoms with E-state index >= 15 is 0 Å². The summed E-state index contributed by atoms with van der Waals surface area (Å²) in [6.45, 7) is 0. The maximum atomic E-state index is 12.2. The van der Waals surface area contributed by atoms with Crippen LogP contribution in [0.2, 0.25) is 5.02 Å². The summed E-state index contributed by atoms with van der Waals surface area (Å²) in [5.74, 6) is -2.18. The Morgan fingerprint density at radius 1 is 1.24 bits per heavy atom. The molecule has 0 heterocycles. The molecule has 0 aliphatic rings. The summed E-state index contributed by atoms with van der Waals surface area (Å²) in [5, 5.41) is 22.9. The van der Waals surface area contributed by atoms with Crippen LogP contribution in [0, 0.1) is 10.1 Å². The Kier molecular flexibility index (Phi) is 5.02. The molecule has 2 aromatic rings. The first-order chi connectivity index (χ1) is 11.6. The Labute approximate surface area is 142 Å². The van der Waals surface area contributed by atoms with E-state index in [2.05, 4.69) is 10.1 Å². The summed E-state index contributed by atoms with van der Waals surface area (Å²) in [6.07, 6.45) is -5.02. The molecule has 0 radical (unpaired) electrons. The van der Waals surface area contributed by atoms with Crippen molar-refractivity contribution in [3.05, 3.63) is 57.1 Å². The zero-order valence-electron chi connectivity index (χ0n) is 12.0. The van der Waals surface area contributed by atoms with Crippen LogP contribution in [0.5, 0.6) is 11.5 Å². The number of carbonyl (C=O) groups excluding carboxylic acids is 1. The number of hydrogen-bond donors (Lipinski definition) is 2. The predicted molar refractivity (Wildman–Crippen MR) is 80.8 cm³/mol. The molecule has 0 spiro atoms. The van der Waals surface area contributed by atoms with Crippen LogP contribution in [0.1, 0.15) is 10.4 Å². The quantitative estimate of drug-likeness (QED) is 0.617. The summed E-state index contributed by atoms with van der Waals surface area (Å²) in [6, 6.07) is 5.78. The number of alkyl halides is 3. The van der Waals surface area contributed by atoms with Gasteiger partial charge < -0.3 is 15.2 Å². The first kappa shape index (κ1) is 18.3. The number of nitrogens with one attached hydrogen (secondary N) is 1. The summed E-state index contributed by atoms with van der Waals surface area (Å²) in [5.41, 5.74) is -1.47. The van der Waals surface area contributed by atoms with Crippen molar-refractivity contribution in [2.45, 2.75) is 6.36 Å². The van der Waals surface area contributed by atoms with Gasteiger partial charge in [-0.2, -0.15) is 0 Å². The molecule has 0 atom stereocenters. The molecule has 0 aliphatic heterocycles. The Morgan fingerprint density at radius 2 is 1.92 bits per heavy atom. The van der Waals surface area contributed by atoms with Gasteiger partial charge in [-0.15, -0.1) is 13.2 Å². The molecule has 7 nitrogen and oxygen atoms in total. The van der Waals surface area contributed by atoms with Gasteiger partial charge in [0.15, 0.2) is 0 Å². The Bertz CT molecular complexity index is 842. The van der Waals surface area contributed by atoms with Crippen LogP contribution in [0.15, 0.2) is 36.4 Å². The van der Waals surface area contributed by atoms with Gasteiger partial charge in [-0.3, -0.25) is 14.9 Å². The minimum absolute atomic E-state index is 0.131. The van der Waals surface area contributed by atoms with Crippen LogP contribution in [0.25, 0.3) is 0 Å². The molecular weight excluding hydrogens is 369 g/mol. The number of amides is 1. The summed E-state index contributed by atoms with van der Waals surface area (Å²) < 4.78 is 40.2. The Balaban J connectivity index is 2.34. The van der Waals surface area contributed by atoms with E-state index in [-0.39, 0.29) is 16.3 Å². The van der Waals surface area contributed by atoms with Crippen molar-refractivity contribution in [3.8, 4) is 11.5 Å². The number of aromatic hydroxyl groups is 1. The molecular formula is C14H8ClF3N2O5. The van der Waals surface area contributed by atoms with Gasteiger partial charge >= 0.3 is 6.36 Å². The van der Waals surface area contributed by atoms with E-state index in [9.17, 15) is 33.2 Å². The van der Waals surface area contributed by atoms with Crippen LogP contribution in [-0.4, -0.2) is 22.3 Å². The lowest BCUT2D eigenvalue weighted by Crippen LogP contribution is -2.17. The molecule has 0 aliphatic carbocycles. The first-order valence-electron chi connectivity index (χ1n) is 6.41. The normalized spacial score (nSPS) is 11.0.